The number of hydrogen-bond acceptors (Lipinski definition) is 4. The van der Waals surface area contributed by atoms with Crippen molar-refractivity contribution in [3.8, 4) is 5.75 Å². The van der Waals surface area contributed by atoms with Gasteiger partial charge >= 0.3 is 5.69 Å². The summed E-state index contributed by atoms with van der Waals surface area (Å²) in [5.74, 6) is 1.12. The molecule has 0 atom stereocenters. The van der Waals surface area contributed by atoms with Crippen molar-refractivity contribution in [2.75, 3.05) is 12.4 Å². The molecule has 1 aromatic rings. The van der Waals surface area contributed by atoms with Crippen molar-refractivity contribution in [3.05, 3.63) is 34.4 Å². The number of ether oxygens (including phenoxy) is 1. The van der Waals surface area contributed by atoms with E-state index in [0.29, 0.717) is 12.4 Å². The van der Waals surface area contributed by atoms with E-state index < -0.39 is 4.92 Å². The molecule has 0 radical (unpaired) electrons. The van der Waals surface area contributed by atoms with Gasteiger partial charge in [0, 0.05) is 11.5 Å². The lowest BCUT2D eigenvalue weighted by Crippen LogP contribution is -2.37. The van der Waals surface area contributed by atoms with Crippen LogP contribution in [0.4, 0.5) is 5.69 Å². The van der Waals surface area contributed by atoms with Crippen LogP contribution in [0.2, 0.25) is 0 Å². The van der Waals surface area contributed by atoms with Crippen LogP contribution < -0.4 is 4.74 Å². The Kier molecular flexibility index (Phi) is 3.57. The van der Waals surface area contributed by atoms with Crippen LogP contribution >= 0.6 is 12.6 Å². The molecule has 1 saturated carbocycles. The second-order valence-electron chi connectivity index (χ2n) is 4.53. The summed E-state index contributed by atoms with van der Waals surface area (Å²) in [6.07, 6.45) is 3.38. The van der Waals surface area contributed by atoms with Gasteiger partial charge in [0.2, 0.25) is 0 Å². The summed E-state index contributed by atoms with van der Waals surface area (Å²) in [5.41, 5.74) is 0.147. The molecular weight excluding hydrogens is 238 g/mol. The molecule has 0 unspecified atom stereocenters. The molecular formula is C12H15NO3S. The van der Waals surface area contributed by atoms with Crippen LogP contribution in [-0.4, -0.2) is 17.3 Å². The highest BCUT2D eigenvalue weighted by Gasteiger charge is 2.36. The Balaban J connectivity index is 2.06. The summed E-state index contributed by atoms with van der Waals surface area (Å²) in [6.45, 7) is 0.515. The van der Waals surface area contributed by atoms with Crippen LogP contribution in [0.3, 0.4) is 0 Å². The first-order valence-electron chi connectivity index (χ1n) is 5.64. The molecule has 1 fully saturated rings. The van der Waals surface area contributed by atoms with E-state index in [1.807, 2.05) is 0 Å². The van der Waals surface area contributed by atoms with E-state index >= 15 is 0 Å². The zero-order valence-corrected chi connectivity index (χ0v) is 10.4. The molecule has 0 aromatic heterocycles. The quantitative estimate of drug-likeness (QED) is 0.498. The average Bonchev–Trinajstić information content (AvgIpc) is 2.28. The Morgan fingerprint density at radius 1 is 1.41 bits per heavy atom. The van der Waals surface area contributed by atoms with Gasteiger partial charge in [0.15, 0.2) is 5.75 Å². The fourth-order valence-electron chi connectivity index (χ4n) is 1.99. The Morgan fingerprint density at radius 3 is 2.65 bits per heavy atom. The van der Waals surface area contributed by atoms with Gasteiger partial charge < -0.3 is 4.74 Å². The summed E-state index contributed by atoms with van der Waals surface area (Å²) in [7, 11) is 0. The molecule has 0 amide bonds. The topological polar surface area (TPSA) is 52.4 Å². The molecule has 0 saturated heterocycles. The minimum atomic E-state index is -0.413. The van der Waals surface area contributed by atoms with E-state index in [0.717, 1.165) is 18.6 Å². The maximum absolute atomic E-state index is 10.8. The normalized spacial score (nSPS) is 17.2. The first-order chi connectivity index (χ1) is 8.17. The number of nitro groups is 1. The standard InChI is InChI=1S/C12H15NO3S/c14-13(15)10-4-1-2-5-11(10)16-8-12(9-17)6-3-7-12/h1-2,4-5,17H,3,6-9H2. The van der Waals surface area contributed by atoms with Gasteiger partial charge in [0.1, 0.15) is 0 Å². The largest absolute Gasteiger partial charge is 0.486 e. The second kappa shape index (κ2) is 4.96. The molecule has 17 heavy (non-hydrogen) atoms. The fourth-order valence-corrected chi connectivity index (χ4v) is 2.39. The monoisotopic (exact) mass is 253 g/mol. The van der Waals surface area contributed by atoms with Crippen LogP contribution in [0.15, 0.2) is 24.3 Å². The predicted molar refractivity (Wildman–Crippen MR) is 68.7 cm³/mol. The lowest BCUT2D eigenvalue weighted by Gasteiger charge is -2.40. The Hall–Kier alpha value is -1.23. The highest BCUT2D eigenvalue weighted by Crippen LogP contribution is 2.42. The second-order valence-corrected chi connectivity index (χ2v) is 4.84. The summed E-state index contributed by atoms with van der Waals surface area (Å²) in [4.78, 5) is 10.4. The first kappa shape index (κ1) is 12.2. The third kappa shape index (κ3) is 2.54. The summed E-state index contributed by atoms with van der Waals surface area (Å²) < 4.78 is 5.61. The molecule has 0 bridgehead atoms. The number of para-hydroxylation sites is 2. The van der Waals surface area contributed by atoms with Gasteiger partial charge in [0.05, 0.1) is 11.5 Å². The summed E-state index contributed by atoms with van der Waals surface area (Å²) in [5, 5.41) is 10.8. The van der Waals surface area contributed by atoms with Crippen molar-refractivity contribution >= 4 is 18.3 Å². The van der Waals surface area contributed by atoms with Crippen LogP contribution in [0.1, 0.15) is 19.3 Å². The van der Waals surface area contributed by atoms with Crippen LogP contribution in [0.5, 0.6) is 5.75 Å². The zero-order valence-electron chi connectivity index (χ0n) is 9.46. The highest BCUT2D eigenvalue weighted by atomic mass is 32.1. The molecule has 5 heteroatoms. The van der Waals surface area contributed by atoms with E-state index in [-0.39, 0.29) is 11.1 Å². The van der Waals surface area contributed by atoms with Crippen LogP contribution in [-0.2, 0) is 0 Å². The van der Waals surface area contributed by atoms with Crippen molar-refractivity contribution in [3.63, 3.8) is 0 Å². The SMILES string of the molecule is O=[N+]([O-])c1ccccc1OCC1(CS)CCC1. The van der Waals surface area contributed by atoms with Crippen molar-refractivity contribution in [1.82, 2.24) is 0 Å². The lowest BCUT2D eigenvalue weighted by atomic mass is 9.71. The maximum atomic E-state index is 10.8. The van der Waals surface area contributed by atoms with Crippen LogP contribution in [0, 0.1) is 15.5 Å². The summed E-state index contributed by atoms with van der Waals surface area (Å²) >= 11 is 4.33. The van der Waals surface area contributed by atoms with Crippen molar-refractivity contribution in [1.29, 1.82) is 0 Å². The van der Waals surface area contributed by atoms with E-state index in [1.165, 1.54) is 12.5 Å². The first-order valence-corrected chi connectivity index (χ1v) is 6.27. The van der Waals surface area contributed by atoms with E-state index in [4.69, 9.17) is 4.74 Å². The van der Waals surface area contributed by atoms with Crippen molar-refractivity contribution < 1.29 is 9.66 Å². The van der Waals surface area contributed by atoms with Gasteiger partial charge in [-0.3, -0.25) is 10.1 Å². The Labute approximate surface area is 106 Å². The van der Waals surface area contributed by atoms with Gasteiger partial charge in [-0.05, 0) is 24.7 Å². The number of thiol groups is 1. The van der Waals surface area contributed by atoms with Crippen LogP contribution in [0.25, 0.3) is 0 Å². The minimum Gasteiger partial charge on any atom is -0.486 e. The smallest absolute Gasteiger partial charge is 0.310 e. The van der Waals surface area contributed by atoms with Gasteiger partial charge in [-0.15, -0.1) is 0 Å². The van der Waals surface area contributed by atoms with Gasteiger partial charge in [-0.25, -0.2) is 0 Å². The lowest BCUT2D eigenvalue weighted by molar-refractivity contribution is -0.386. The van der Waals surface area contributed by atoms with E-state index in [9.17, 15) is 10.1 Å². The summed E-state index contributed by atoms with van der Waals surface area (Å²) in [6, 6.07) is 6.49. The molecule has 4 nitrogen and oxygen atoms in total. The van der Waals surface area contributed by atoms with Gasteiger partial charge in [-0.1, -0.05) is 18.6 Å². The number of hydrogen-bond donors (Lipinski definition) is 1. The molecule has 0 heterocycles. The molecule has 0 aliphatic heterocycles. The molecule has 1 aromatic carbocycles. The van der Waals surface area contributed by atoms with Crippen molar-refractivity contribution in [2.45, 2.75) is 19.3 Å². The van der Waals surface area contributed by atoms with Gasteiger partial charge in [-0.2, -0.15) is 12.6 Å². The zero-order chi connectivity index (χ0) is 12.3. The molecule has 92 valence electrons. The fraction of sp³-hybridized carbons (Fsp3) is 0.500. The molecule has 1 aliphatic rings. The van der Waals surface area contributed by atoms with E-state index in [1.54, 1.807) is 18.2 Å². The number of benzene rings is 1. The van der Waals surface area contributed by atoms with E-state index in [2.05, 4.69) is 12.6 Å². The molecule has 0 N–H and O–H groups in total. The molecule has 2 rings (SSSR count). The van der Waals surface area contributed by atoms with Crippen molar-refractivity contribution in [2.24, 2.45) is 5.41 Å². The molecule has 0 spiro atoms. The minimum absolute atomic E-state index is 0.0288. The highest BCUT2D eigenvalue weighted by molar-refractivity contribution is 7.80. The number of rotatable bonds is 5. The molecule has 1 aliphatic carbocycles. The Bertz CT molecular complexity index is 412. The predicted octanol–water partition coefficient (Wildman–Crippen LogP) is 3.07. The number of nitro benzene ring substituents is 1. The third-order valence-corrected chi connectivity index (χ3v) is 4.02. The third-order valence-electron chi connectivity index (χ3n) is 3.35. The average molecular weight is 253 g/mol. The number of nitrogens with zero attached hydrogens (tertiary/aromatic N) is 1. The Morgan fingerprint density at radius 2 is 2.12 bits per heavy atom. The van der Waals surface area contributed by atoms with Gasteiger partial charge in [0.25, 0.3) is 0 Å². The maximum Gasteiger partial charge on any atom is 0.310 e.